The van der Waals surface area contributed by atoms with Gasteiger partial charge in [0.15, 0.2) is 11.5 Å². The number of hydrogen-bond acceptors (Lipinski definition) is 6. The van der Waals surface area contributed by atoms with E-state index in [1.807, 2.05) is 18.2 Å². The van der Waals surface area contributed by atoms with Crippen molar-refractivity contribution in [3.05, 3.63) is 63.2 Å². The summed E-state index contributed by atoms with van der Waals surface area (Å²) in [4.78, 5) is 25.4. The maximum absolute atomic E-state index is 13.0. The number of carbonyl (C=O) groups excluding carboxylic acids is 1. The van der Waals surface area contributed by atoms with Crippen LogP contribution in [-0.2, 0) is 0 Å². The Morgan fingerprint density at radius 1 is 1.23 bits per heavy atom. The molecule has 0 radical (unpaired) electrons. The molecule has 1 saturated heterocycles. The van der Waals surface area contributed by atoms with Crippen molar-refractivity contribution in [1.82, 2.24) is 4.90 Å². The summed E-state index contributed by atoms with van der Waals surface area (Å²) in [6.45, 7) is 2.45. The van der Waals surface area contributed by atoms with Crippen molar-refractivity contribution in [2.45, 2.75) is 12.3 Å². The van der Waals surface area contributed by atoms with Crippen LogP contribution in [0, 0.1) is 17.0 Å². The van der Waals surface area contributed by atoms with Gasteiger partial charge in [-0.25, -0.2) is 0 Å². The fourth-order valence-electron chi connectivity index (χ4n) is 3.13. The summed E-state index contributed by atoms with van der Waals surface area (Å²) in [6, 6.07) is 10.3. The van der Waals surface area contributed by atoms with Crippen molar-refractivity contribution in [3.8, 4) is 11.5 Å². The molecular formula is C18H16N2O5S. The molecule has 2 aromatic rings. The third-order valence-electron chi connectivity index (χ3n) is 4.49. The zero-order valence-corrected chi connectivity index (χ0v) is 14.8. The number of nitrogens with zero attached hydrogens (tertiary/aromatic N) is 2. The van der Waals surface area contributed by atoms with Gasteiger partial charge in [-0.05, 0) is 30.7 Å². The average Bonchev–Trinajstić information content (AvgIpc) is 3.29. The van der Waals surface area contributed by atoms with Gasteiger partial charge in [0, 0.05) is 29.5 Å². The first-order valence-corrected chi connectivity index (χ1v) is 9.16. The van der Waals surface area contributed by atoms with Crippen LogP contribution in [0.5, 0.6) is 11.5 Å². The summed E-state index contributed by atoms with van der Waals surface area (Å²) >= 11 is 1.66. The summed E-state index contributed by atoms with van der Waals surface area (Å²) in [5.74, 6) is 1.97. The fraction of sp³-hybridized carbons (Fsp3) is 0.278. The number of amides is 1. The molecule has 0 aliphatic carbocycles. The molecule has 0 spiro atoms. The summed E-state index contributed by atoms with van der Waals surface area (Å²) in [5.41, 5.74) is 1.78. The number of hydrogen-bond donors (Lipinski definition) is 0. The number of nitro groups is 1. The van der Waals surface area contributed by atoms with E-state index in [9.17, 15) is 14.9 Å². The molecular weight excluding hydrogens is 356 g/mol. The van der Waals surface area contributed by atoms with Gasteiger partial charge in [-0.3, -0.25) is 14.9 Å². The van der Waals surface area contributed by atoms with E-state index in [1.54, 1.807) is 35.7 Å². The van der Waals surface area contributed by atoms with E-state index in [4.69, 9.17) is 9.47 Å². The molecule has 2 aliphatic rings. The van der Waals surface area contributed by atoms with Crippen molar-refractivity contribution < 1.29 is 19.2 Å². The monoisotopic (exact) mass is 372 g/mol. The Balaban J connectivity index is 1.63. The molecule has 1 atom stereocenters. The number of aryl methyl sites for hydroxylation is 1. The van der Waals surface area contributed by atoms with Crippen LogP contribution >= 0.6 is 11.8 Å². The highest BCUT2D eigenvalue weighted by atomic mass is 32.2. The molecule has 0 bridgehead atoms. The minimum atomic E-state index is -0.458. The van der Waals surface area contributed by atoms with E-state index in [-0.39, 0.29) is 23.8 Å². The number of ether oxygens (including phenoxy) is 2. The fourth-order valence-corrected chi connectivity index (χ4v) is 4.37. The number of rotatable bonds is 3. The molecule has 134 valence electrons. The van der Waals surface area contributed by atoms with Crippen LogP contribution in [0.15, 0.2) is 36.4 Å². The molecule has 4 rings (SSSR count). The Kier molecular flexibility index (Phi) is 4.20. The summed E-state index contributed by atoms with van der Waals surface area (Å²) < 4.78 is 10.8. The number of thioether (sulfide) groups is 1. The number of carbonyl (C=O) groups is 1. The topological polar surface area (TPSA) is 81.9 Å². The summed E-state index contributed by atoms with van der Waals surface area (Å²) in [7, 11) is 0. The van der Waals surface area contributed by atoms with Crippen molar-refractivity contribution in [2.75, 3.05) is 19.1 Å². The summed E-state index contributed by atoms with van der Waals surface area (Å²) in [6.07, 6.45) is 0. The van der Waals surface area contributed by atoms with Gasteiger partial charge < -0.3 is 14.4 Å². The molecule has 2 aliphatic heterocycles. The van der Waals surface area contributed by atoms with Gasteiger partial charge in [0.25, 0.3) is 11.6 Å². The van der Waals surface area contributed by atoms with Crippen LogP contribution in [0.1, 0.15) is 26.9 Å². The minimum absolute atomic E-state index is 0.0395. The van der Waals surface area contributed by atoms with Crippen LogP contribution in [0.25, 0.3) is 0 Å². The lowest BCUT2D eigenvalue weighted by Gasteiger charge is -2.24. The summed E-state index contributed by atoms with van der Waals surface area (Å²) in [5, 5.41) is 11.0. The Morgan fingerprint density at radius 3 is 2.85 bits per heavy atom. The highest BCUT2D eigenvalue weighted by molar-refractivity contribution is 7.99. The zero-order chi connectivity index (χ0) is 18.3. The number of fused-ring (bicyclic) bond motifs is 1. The second-order valence-corrected chi connectivity index (χ2v) is 7.28. The molecule has 1 fully saturated rings. The van der Waals surface area contributed by atoms with Crippen LogP contribution in [0.4, 0.5) is 5.69 Å². The molecule has 2 aromatic carbocycles. The molecule has 26 heavy (non-hydrogen) atoms. The van der Waals surface area contributed by atoms with E-state index >= 15 is 0 Å². The van der Waals surface area contributed by atoms with E-state index in [0.717, 1.165) is 11.3 Å². The van der Waals surface area contributed by atoms with Gasteiger partial charge in [0.2, 0.25) is 6.79 Å². The average molecular weight is 372 g/mol. The van der Waals surface area contributed by atoms with Crippen molar-refractivity contribution in [2.24, 2.45) is 0 Å². The van der Waals surface area contributed by atoms with Crippen LogP contribution in [0.3, 0.4) is 0 Å². The Morgan fingerprint density at radius 2 is 2.04 bits per heavy atom. The second-order valence-electron chi connectivity index (χ2n) is 6.09. The molecule has 7 nitrogen and oxygen atoms in total. The van der Waals surface area contributed by atoms with Crippen molar-refractivity contribution in [1.29, 1.82) is 0 Å². The van der Waals surface area contributed by atoms with Gasteiger partial charge in [-0.15, -0.1) is 11.8 Å². The van der Waals surface area contributed by atoms with Crippen LogP contribution in [-0.4, -0.2) is 34.8 Å². The predicted molar refractivity (Wildman–Crippen MR) is 96.6 cm³/mol. The first-order chi connectivity index (χ1) is 12.5. The predicted octanol–water partition coefficient (Wildman–Crippen LogP) is 3.52. The van der Waals surface area contributed by atoms with Gasteiger partial charge in [0.1, 0.15) is 5.37 Å². The lowest BCUT2D eigenvalue weighted by molar-refractivity contribution is -0.385. The van der Waals surface area contributed by atoms with E-state index in [0.29, 0.717) is 29.2 Å². The zero-order valence-electron chi connectivity index (χ0n) is 14.0. The second kappa shape index (κ2) is 6.53. The molecule has 2 heterocycles. The first kappa shape index (κ1) is 16.7. The number of nitro benzene ring substituents is 1. The Labute approximate surface area is 154 Å². The lowest BCUT2D eigenvalue weighted by Crippen LogP contribution is -2.30. The lowest BCUT2D eigenvalue weighted by atomic mass is 10.1. The SMILES string of the molecule is Cc1ccc(C(=O)N2CCSC2c2ccc3c(c2)OCO3)cc1[N+](=O)[O-]. The van der Waals surface area contributed by atoms with Crippen molar-refractivity contribution >= 4 is 23.4 Å². The van der Waals surface area contributed by atoms with E-state index < -0.39 is 4.92 Å². The maximum Gasteiger partial charge on any atom is 0.273 e. The van der Waals surface area contributed by atoms with Crippen molar-refractivity contribution in [3.63, 3.8) is 0 Å². The smallest absolute Gasteiger partial charge is 0.273 e. The largest absolute Gasteiger partial charge is 0.454 e. The standard InChI is InChI=1S/C18H16N2O5S/c1-11-2-3-12(8-14(11)20(22)23)17(21)19-6-7-26-18(19)13-4-5-15-16(9-13)25-10-24-15/h2-5,8-9,18H,6-7,10H2,1H3. The van der Waals surface area contributed by atoms with Crippen LogP contribution in [0.2, 0.25) is 0 Å². The molecule has 8 heteroatoms. The quantitative estimate of drug-likeness (QED) is 0.606. The Bertz CT molecular complexity index is 901. The molecule has 1 amide bonds. The van der Waals surface area contributed by atoms with Gasteiger partial charge in [0.05, 0.1) is 4.92 Å². The molecule has 1 unspecified atom stereocenters. The molecule has 0 aromatic heterocycles. The third-order valence-corrected chi connectivity index (χ3v) is 5.75. The minimum Gasteiger partial charge on any atom is -0.454 e. The molecule has 0 saturated carbocycles. The maximum atomic E-state index is 13.0. The van der Waals surface area contributed by atoms with E-state index in [2.05, 4.69) is 0 Å². The van der Waals surface area contributed by atoms with E-state index in [1.165, 1.54) is 6.07 Å². The van der Waals surface area contributed by atoms with Gasteiger partial charge >= 0.3 is 0 Å². The van der Waals surface area contributed by atoms with Gasteiger partial charge in [-0.2, -0.15) is 0 Å². The third kappa shape index (κ3) is 2.86. The first-order valence-electron chi connectivity index (χ1n) is 8.12. The van der Waals surface area contributed by atoms with Gasteiger partial charge in [-0.1, -0.05) is 12.1 Å². The van der Waals surface area contributed by atoms with Crippen LogP contribution < -0.4 is 9.47 Å². The molecule has 0 N–H and O–H groups in total. The highest BCUT2D eigenvalue weighted by Crippen LogP contribution is 2.42. The number of benzene rings is 2. The highest BCUT2D eigenvalue weighted by Gasteiger charge is 2.33. The Hall–Kier alpha value is -2.74. The normalized spacial score (nSPS) is 18.2.